The van der Waals surface area contributed by atoms with Gasteiger partial charge in [-0.25, -0.2) is 0 Å². The van der Waals surface area contributed by atoms with Gasteiger partial charge in [-0.05, 0) is 30.5 Å². The lowest BCUT2D eigenvalue weighted by Gasteiger charge is -2.08. The fourth-order valence-corrected chi connectivity index (χ4v) is 1.92. The average Bonchev–Trinajstić information content (AvgIpc) is 2.46. The smallest absolute Gasteiger partial charge is 0.200 e. The number of rotatable bonds is 5. The molecule has 2 aromatic carbocycles. The number of benzene rings is 2. The van der Waals surface area contributed by atoms with Crippen molar-refractivity contribution >= 4 is 5.78 Å². The van der Waals surface area contributed by atoms with Gasteiger partial charge >= 0.3 is 0 Å². The van der Waals surface area contributed by atoms with Crippen LogP contribution in [0, 0.1) is 6.92 Å². The molecule has 0 spiro atoms. The Morgan fingerprint density at radius 2 is 1.60 bits per heavy atom. The minimum atomic E-state index is 0.000816. The maximum absolute atomic E-state index is 12.0. The Morgan fingerprint density at radius 3 is 2.15 bits per heavy atom. The van der Waals surface area contributed by atoms with E-state index in [1.165, 1.54) is 11.1 Å². The minimum absolute atomic E-state index is 0.000816. The molecule has 0 heterocycles. The van der Waals surface area contributed by atoms with E-state index in [0.717, 1.165) is 5.75 Å². The van der Waals surface area contributed by atoms with Crippen LogP contribution < -0.4 is 4.74 Å². The van der Waals surface area contributed by atoms with Crippen LogP contribution >= 0.6 is 0 Å². The van der Waals surface area contributed by atoms with Crippen LogP contribution in [0.4, 0.5) is 0 Å². The number of hydrogen-bond acceptors (Lipinski definition) is 2. The molecule has 0 aliphatic rings. The van der Waals surface area contributed by atoms with Gasteiger partial charge in [0.25, 0.3) is 0 Å². The molecule has 104 valence electrons. The highest BCUT2D eigenvalue weighted by molar-refractivity contribution is 5.97. The van der Waals surface area contributed by atoms with E-state index in [0.29, 0.717) is 11.5 Å². The van der Waals surface area contributed by atoms with Gasteiger partial charge in [0.05, 0.1) is 0 Å². The Morgan fingerprint density at radius 1 is 1.00 bits per heavy atom. The third-order valence-electron chi connectivity index (χ3n) is 3.29. The normalized spacial score (nSPS) is 10.6. The number of aryl methyl sites for hydroxylation is 1. The number of Topliss-reactive ketones (excluding diaryl/α,β-unsaturated/α-hetero) is 1. The van der Waals surface area contributed by atoms with Crippen LogP contribution in [0.25, 0.3) is 0 Å². The first-order valence-corrected chi connectivity index (χ1v) is 6.89. The second kappa shape index (κ2) is 6.38. The molecule has 0 aromatic heterocycles. The Kier molecular flexibility index (Phi) is 4.57. The SMILES string of the molecule is Cc1ccc(OCC(=O)c2ccc(C(C)C)cc2)cc1. The van der Waals surface area contributed by atoms with Gasteiger partial charge in [0.1, 0.15) is 5.75 Å². The summed E-state index contributed by atoms with van der Waals surface area (Å²) in [6, 6.07) is 15.4. The first-order chi connectivity index (χ1) is 9.56. The predicted octanol–water partition coefficient (Wildman–Crippen LogP) is 4.38. The summed E-state index contributed by atoms with van der Waals surface area (Å²) in [7, 11) is 0. The number of carbonyl (C=O) groups excluding carboxylic acids is 1. The van der Waals surface area contributed by atoms with Crippen LogP contribution in [0.1, 0.15) is 41.3 Å². The molecule has 0 N–H and O–H groups in total. The maximum Gasteiger partial charge on any atom is 0.200 e. The van der Waals surface area contributed by atoms with E-state index in [1.54, 1.807) is 0 Å². The van der Waals surface area contributed by atoms with E-state index in [2.05, 4.69) is 13.8 Å². The molecule has 0 unspecified atom stereocenters. The van der Waals surface area contributed by atoms with E-state index in [-0.39, 0.29) is 12.4 Å². The first-order valence-electron chi connectivity index (χ1n) is 6.89. The van der Waals surface area contributed by atoms with Gasteiger partial charge < -0.3 is 4.74 Å². The fraction of sp³-hybridized carbons (Fsp3) is 0.278. The molecular formula is C18H20O2. The zero-order chi connectivity index (χ0) is 14.5. The number of ketones is 1. The topological polar surface area (TPSA) is 26.3 Å². The zero-order valence-corrected chi connectivity index (χ0v) is 12.2. The van der Waals surface area contributed by atoms with Crippen LogP contribution in [-0.4, -0.2) is 12.4 Å². The van der Waals surface area contributed by atoms with Gasteiger partial charge in [0, 0.05) is 5.56 Å². The van der Waals surface area contributed by atoms with Crippen molar-refractivity contribution in [1.82, 2.24) is 0 Å². The van der Waals surface area contributed by atoms with Crippen molar-refractivity contribution in [2.75, 3.05) is 6.61 Å². The van der Waals surface area contributed by atoms with Crippen LogP contribution in [0.3, 0.4) is 0 Å². The van der Waals surface area contributed by atoms with E-state index in [1.807, 2.05) is 55.5 Å². The molecule has 0 saturated heterocycles. The van der Waals surface area contributed by atoms with Crippen molar-refractivity contribution in [1.29, 1.82) is 0 Å². The zero-order valence-electron chi connectivity index (χ0n) is 12.2. The third-order valence-corrected chi connectivity index (χ3v) is 3.29. The molecule has 2 nitrogen and oxygen atoms in total. The molecule has 0 radical (unpaired) electrons. The summed E-state index contributed by atoms with van der Waals surface area (Å²) in [6.07, 6.45) is 0. The molecule has 20 heavy (non-hydrogen) atoms. The largest absolute Gasteiger partial charge is 0.485 e. The Bertz CT molecular complexity index is 565. The van der Waals surface area contributed by atoms with Crippen molar-refractivity contribution < 1.29 is 9.53 Å². The van der Waals surface area contributed by atoms with Gasteiger partial charge in [-0.3, -0.25) is 4.79 Å². The Balaban J connectivity index is 1.96. The van der Waals surface area contributed by atoms with E-state index in [4.69, 9.17) is 4.74 Å². The van der Waals surface area contributed by atoms with Crippen molar-refractivity contribution in [2.45, 2.75) is 26.7 Å². The van der Waals surface area contributed by atoms with Crippen LogP contribution in [0.2, 0.25) is 0 Å². The highest BCUT2D eigenvalue weighted by Crippen LogP contribution is 2.16. The van der Waals surface area contributed by atoms with E-state index < -0.39 is 0 Å². The van der Waals surface area contributed by atoms with E-state index in [9.17, 15) is 4.79 Å². The summed E-state index contributed by atoms with van der Waals surface area (Å²) >= 11 is 0. The highest BCUT2D eigenvalue weighted by atomic mass is 16.5. The molecule has 0 aliphatic carbocycles. The van der Waals surface area contributed by atoms with Gasteiger partial charge in [-0.1, -0.05) is 55.8 Å². The molecule has 0 fully saturated rings. The molecular weight excluding hydrogens is 248 g/mol. The third kappa shape index (κ3) is 3.70. The standard InChI is InChI=1S/C18H20O2/c1-13(2)15-6-8-16(9-7-15)18(19)12-20-17-10-4-14(3)5-11-17/h4-11,13H,12H2,1-3H3. The molecule has 2 aromatic rings. The second-order valence-electron chi connectivity index (χ2n) is 5.30. The Hall–Kier alpha value is -2.09. The number of ether oxygens (including phenoxy) is 1. The molecule has 0 saturated carbocycles. The van der Waals surface area contributed by atoms with Gasteiger partial charge in [-0.2, -0.15) is 0 Å². The molecule has 0 amide bonds. The summed E-state index contributed by atoms with van der Waals surface area (Å²) < 4.78 is 5.51. The highest BCUT2D eigenvalue weighted by Gasteiger charge is 2.07. The van der Waals surface area contributed by atoms with Crippen molar-refractivity contribution in [3.63, 3.8) is 0 Å². The van der Waals surface area contributed by atoms with Crippen molar-refractivity contribution in [3.8, 4) is 5.75 Å². The van der Waals surface area contributed by atoms with Gasteiger partial charge in [0.2, 0.25) is 0 Å². The monoisotopic (exact) mass is 268 g/mol. The maximum atomic E-state index is 12.0. The fourth-order valence-electron chi connectivity index (χ4n) is 1.92. The van der Waals surface area contributed by atoms with Crippen LogP contribution in [0.15, 0.2) is 48.5 Å². The summed E-state index contributed by atoms with van der Waals surface area (Å²) in [5.41, 5.74) is 3.11. The average molecular weight is 268 g/mol. The minimum Gasteiger partial charge on any atom is -0.485 e. The summed E-state index contributed by atoms with van der Waals surface area (Å²) in [5.74, 6) is 1.20. The molecule has 0 bridgehead atoms. The Labute approximate surface area is 120 Å². The molecule has 2 heteroatoms. The summed E-state index contributed by atoms with van der Waals surface area (Å²) in [4.78, 5) is 12.0. The van der Waals surface area contributed by atoms with Gasteiger partial charge in [-0.15, -0.1) is 0 Å². The number of hydrogen-bond donors (Lipinski definition) is 0. The number of carbonyl (C=O) groups is 1. The van der Waals surface area contributed by atoms with Crippen molar-refractivity contribution in [2.24, 2.45) is 0 Å². The van der Waals surface area contributed by atoms with Gasteiger partial charge in [0.15, 0.2) is 12.4 Å². The van der Waals surface area contributed by atoms with Crippen molar-refractivity contribution in [3.05, 3.63) is 65.2 Å². The lowest BCUT2D eigenvalue weighted by Crippen LogP contribution is -2.11. The van der Waals surface area contributed by atoms with E-state index >= 15 is 0 Å². The lowest BCUT2D eigenvalue weighted by atomic mass is 10.0. The quantitative estimate of drug-likeness (QED) is 0.752. The molecule has 0 aliphatic heterocycles. The van der Waals surface area contributed by atoms with Crippen LogP contribution in [-0.2, 0) is 0 Å². The van der Waals surface area contributed by atoms with Crippen LogP contribution in [0.5, 0.6) is 5.75 Å². The first kappa shape index (κ1) is 14.3. The predicted molar refractivity (Wildman–Crippen MR) is 81.5 cm³/mol. The molecule has 0 atom stereocenters. The summed E-state index contributed by atoms with van der Waals surface area (Å²) in [5, 5.41) is 0. The molecule has 2 rings (SSSR count). The second-order valence-corrected chi connectivity index (χ2v) is 5.30. The summed E-state index contributed by atoms with van der Waals surface area (Å²) in [6.45, 7) is 6.37. The lowest BCUT2D eigenvalue weighted by molar-refractivity contribution is 0.0921.